The maximum absolute atomic E-state index is 5.00. The lowest BCUT2D eigenvalue weighted by molar-refractivity contribution is 0.185. The molecule has 1 saturated heterocycles. The van der Waals surface area contributed by atoms with Crippen molar-refractivity contribution in [3.63, 3.8) is 0 Å². The second-order valence-electron chi connectivity index (χ2n) is 6.12. The maximum Gasteiger partial charge on any atom is 0.110 e. The molecule has 1 aliphatic heterocycles. The van der Waals surface area contributed by atoms with Gasteiger partial charge in [-0.1, -0.05) is 17.7 Å². The van der Waals surface area contributed by atoms with E-state index in [0.29, 0.717) is 6.04 Å². The van der Waals surface area contributed by atoms with Gasteiger partial charge in [-0.2, -0.15) is 0 Å². The van der Waals surface area contributed by atoms with Crippen LogP contribution in [0, 0.1) is 6.92 Å². The van der Waals surface area contributed by atoms with Crippen LogP contribution in [0.5, 0.6) is 0 Å². The number of nitrogens with one attached hydrogen (secondary N) is 1. The molecular formula is C17H21N3S. The van der Waals surface area contributed by atoms with Gasteiger partial charge in [-0.15, -0.1) is 11.3 Å². The highest BCUT2D eigenvalue weighted by Crippen LogP contribution is 2.41. The Morgan fingerprint density at radius 2 is 2.10 bits per heavy atom. The van der Waals surface area contributed by atoms with E-state index in [0.717, 1.165) is 32.6 Å². The molecule has 2 aliphatic rings. The largest absolute Gasteiger partial charge is 0.314 e. The molecule has 2 heterocycles. The Morgan fingerprint density at radius 1 is 1.29 bits per heavy atom. The molecule has 3 nitrogen and oxygen atoms in total. The van der Waals surface area contributed by atoms with Gasteiger partial charge < -0.3 is 5.32 Å². The molecule has 1 unspecified atom stereocenters. The molecule has 1 aliphatic carbocycles. The van der Waals surface area contributed by atoms with Gasteiger partial charge in [0, 0.05) is 43.0 Å². The van der Waals surface area contributed by atoms with E-state index in [2.05, 4.69) is 42.3 Å². The molecule has 0 amide bonds. The first-order chi connectivity index (χ1) is 10.2. The van der Waals surface area contributed by atoms with Crippen LogP contribution in [0.15, 0.2) is 18.2 Å². The first-order valence-electron chi connectivity index (χ1n) is 7.76. The van der Waals surface area contributed by atoms with Crippen molar-refractivity contribution in [3.05, 3.63) is 39.2 Å². The Balaban J connectivity index is 1.65. The van der Waals surface area contributed by atoms with E-state index in [-0.39, 0.29) is 0 Å². The van der Waals surface area contributed by atoms with Crippen LogP contribution >= 0.6 is 11.3 Å². The molecule has 1 aromatic heterocycles. The number of hydrogen-bond donors (Lipinski definition) is 1. The zero-order valence-electron chi connectivity index (χ0n) is 12.6. The molecule has 0 bridgehead atoms. The van der Waals surface area contributed by atoms with Crippen molar-refractivity contribution in [2.24, 2.45) is 0 Å². The smallest absolute Gasteiger partial charge is 0.110 e. The summed E-state index contributed by atoms with van der Waals surface area (Å²) < 4.78 is 0. The summed E-state index contributed by atoms with van der Waals surface area (Å²) in [6.45, 7) is 8.91. The fourth-order valence-electron chi connectivity index (χ4n) is 3.34. The first kappa shape index (κ1) is 13.4. The molecule has 21 heavy (non-hydrogen) atoms. The van der Waals surface area contributed by atoms with Crippen LogP contribution in [0.2, 0.25) is 0 Å². The lowest BCUT2D eigenvalue weighted by Gasteiger charge is -2.31. The lowest BCUT2D eigenvalue weighted by Crippen LogP contribution is -2.44. The number of hydrogen-bond acceptors (Lipinski definition) is 4. The lowest BCUT2D eigenvalue weighted by atomic mass is 10.1. The van der Waals surface area contributed by atoms with E-state index in [4.69, 9.17) is 4.98 Å². The molecule has 0 spiro atoms. The van der Waals surface area contributed by atoms with Crippen LogP contribution in [0.1, 0.15) is 34.0 Å². The molecule has 4 heteroatoms. The standard InChI is InChI=1S/C17H21N3S/c1-11-3-4-13-10-15-16(14(13)9-11)19-17(21-15)12(2)20-7-5-18-6-8-20/h3-4,9,12,18H,5-8,10H2,1-2H3. The van der Waals surface area contributed by atoms with Gasteiger partial charge >= 0.3 is 0 Å². The Labute approximate surface area is 130 Å². The third-order valence-corrected chi connectivity index (χ3v) is 5.87. The Morgan fingerprint density at radius 3 is 2.90 bits per heavy atom. The molecule has 1 aromatic carbocycles. The second kappa shape index (κ2) is 5.20. The fourth-order valence-corrected chi connectivity index (χ4v) is 4.53. The SMILES string of the molecule is Cc1ccc2c(c1)-c1nc(C(C)N3CCNCC3)sc1C2. The number of nitrogens with zero attached hydrogens (tertiary/aromatic N) is 2. The number of fused-ring (bicyclic) bond motifs is 3. The summed E-state index contributed by atoms with van der Waals surface area (Å²) in [6.07, 6.45) is 1.07. The fraction of sp³-hybridized carbons (Fsp3) is 0.471. The van der Waals surface area contributed by atoms with Crippen molar-refractivity contribution in [3.8, 4) is 11.3 Å². The molecule has 1 fully saturated rings. The van der Waals surface area contributed by atoms with Gasteiger partial charge in [-0.25, -0.2) is 4.98 Å². The van der Waals surface area contributed by atoms with E-state index in [1.165, 1.54) is 32.3 Å². The molecule has 1 atom stereocenters. The summed E-state index contributed by atoms with van der Waals surface area (Å²) in [5.41, 5.74) is 5.37. The minimum absolute atomic E-state index is 0.441. The van der Waals surface area contributed by atoms with Gasteiger partial charge in [0.25, 0.3) is 0 Å². The zero-order chi connectivity index (χ0) is 14.4. The van der Waals surface area contributed by atoms with Crippen LogP contribution in [0.4, 0.5) is 0 Å². The number of aromatic nitrogens is 1. The van der Waals surface area contributed by atoms with Crippen molar-refractivity contribution in [2.75, 3.05) is 26.2 Å². The van der Waals surface area contributed by atoms with Crippen LogP contribution in [0.25, 0.3) is 11.3 Å². The molecule has 4 rings (SSSR count). The highest BCUT2D eigenvalue weighted by molar-refractivity contribution is 7.12. The summed E-state index contributed by atoms with van der Waals surface area (Å²) in [5.74, 6) is 0. The van der Waals surface area contributed by atoms with Crippen LogP contribution in [-0.4, -0.2) is 36.1 Å². The van der Waals surface area contributed by atoms with Crippen molar-refractivity contribution in [2.45, 2.75) is 26.3 Å². The summed E-state index contributed by atoms with van der Waals surface area (Å²) in [4.78, 5) is 9.00. The van der Waals surface area contributed by atoms with Crippen molar-refractivity contribution in [1.82, 2.24) is 15.2 Å². The minimum atomic E-state index is 0.441. The summed E-state index contributed by atoms with van der Waals surface area (Å²) in [7, 11) is 0. The van der Waals surface area contributed by atoms with E-state index >= 15 is 0 Å². The second-order valence-corrected chi connectivity index (χ2v) is 7.24. The highest BCUT2D eigenvalue weighted by Gasteiger charge is 2.27. The van der Waals surface area contributed by atoms with Crippen molar-refractivity contribution < 1.29 is 0 Å². The Kier molecular flexibility index (Phi) is 3.32. The summed E-state index contributed by atoms with van der Waals surface area (Å²) in [6, 6.07) is 7.20. The van der Waals surface area contributed by atoms with Crippen molar-refractivity contribution >= 4 is 11.3 Å². The van der Waals surface area contributed by atoms with Gasteiger partial charge in [0.15, 0.2) is 0 Å². The van der Waals surface area contributed by atoms with E-state index in [1.54, 1.807) is 0 Å². The van der Waals surface area contributed by atoms with Gasteiger partial charge in [0.2, 0.25) is 0 Å². The Bertz CT molecular complexity index is 671. The van der Waals surface area contributed by atoms with Gasteiger partial charge in [0.1, 0.15) is 5.01 Å². The number of piperazine rings is 1. The summed E-state index contributed by atoms with van der Waals surface area (Å²) >= 11 is 1.91. The number of benzene rings is 1. The average Bonchev–Trinajstić information content (AvgIpc) is 3.05. The molecular weight excluding hydrogens is 278 g/mol. The summed E-state index contributed by atoms with van der Waals surface area (Å²) in [5, 5.41) is 4.71. The molecule has 0 radical (unpaired) electrons. The highest BCUT2D eigenvalue weighted by atomic mass is 32.1. The van der Waals surface area contributed by atoms with Crippen LogP contribution in [0.3, 0.4) is 0 Å². The van der Waals surface area contributed by atoms with Crippen molar-refractivity contribution in [1.29, 1.82) is 0 Å². The maximum atomic E-state index is 5.00. The predicted octanol–water partition coefficient (Wildman–Crippen LogP) is 2.99. The minimum Gasteiger partial charge on any atom is -0.314 e. The number of aryl methyl sites for hydroxylation is 1. The third-order valence-electron chi connectivity index (χ3n) is 4.64. The quantitative estimate of drug-likeness (QED) is 0.788. The molecule has 1 N–H and O–H groups in total. The van der Waals surface area contributed by atoms with E-state index in [9.17, 15) is 0 Å². The molecule has 2 aromatic rings. The zero-order valence-corrected chi connectivity index (χ0v) is 13.5. The van der Waals surface area contributed by atoms with Crippen LogP contribution < -0.4 is 5.32 Å². The topological polar surface area (TPSA) is 28.2 Å². The third kappa shape index (κ3) is 2.31. The van der Waals surface area contributed by atoms with Crippen LogP contribution in [-0.2, 0) is 6.42 Å². The first-order valence-corrected chi connectivity index (χ1v) is 8.58. The number of rotatable bonds is 2. The number of thiazole rings is 1. The van der Waals surface area contributed by atoms with Gasteiger partial charge in [-0.3, -0.25) is 4.90 Å². The molecule has 110 valence electrons. The average molecular weight is 299 g/mol. The van der Waals surface area contributed by atoms with E-state index < -0.39 is 0 Å². The van der Waals surface area contributed by atoms with Gasteiger partial charge in [-0.05, 0) is 25.5 Å². The van der Waals surface area contributed by atoms with E-state index in [1.807, 2.05) is 11.3 Å². The van der Waals surface area contributed by atoms with Gasteiger partial charge in [0.05, 0.1) is 11.7 Å². The normalized spacial score (nSPS) is 19.3. The predicted molar refractivity (Wildman–Crippen MR) is 88.0 cm³/mol. The Hall–Kier alpha value is -1.23. The monoisotopic (exact) mass is 299 g/mol. The molecule has 0 saturated carbocycles.